The molecule has 0 fully saturated rings. The third kappa shape index (κ3) is 8.34. The Balaban J connectivity index is 2.91. The van der Waals surface area contributed by atoms with E-state index in [0.29, 0.717) is 6.04 Å². The van der Waals surface area contributed by atoms with E-state index in [2.05, 4.69) is 0 Å². The number of thioether (sulfide) groups is 1. The van der Waals surface area contributed by atoms with Gasteiger partial charge >= 0.3 is 0 Å². The van der Waals surface area contributed by atoms with Gasteiger partial charge in [0, 0.05) is 23.1 Å². The van der Waals surface area contributed by atoms with Crippen molar-refractivity contribution >= 4 is 23.4 Å². The molecule has 0 aromatic rings. The topological polar surface area (TPSA) is 26.0 Å². The zero-order valence-electron chi connectivity index (χ0n) is 5.51. The molecule has 0 bridgehead atoms. The molecule has 0 rings (SSSR count). The van der Waals surface area contributed by atoms with Crippen LogP contribution in [0.5, 0.6) is 0 Å². The molecule has 0 saturated carbocycles. The molecule has 0 heterocycles. The normalized spacial score (nSPS) is 14.6. The van der Waals surface area contributed by atoms with Gasteiger partial charge in [-0.15, -0.1) is 0 Å². The van der Waals surface area contributed by atoms with Crippen molar-refractivity contribution in [2.24, 2.45) is 5.73 Å². The molecule has 0 aromatic carbocycles. The smallest absolute Gasteiger partial charge is 0.0125 e. The molecule has 0 aliphatic heterocycles. The molecule has 0 radical (unpaired) electrons. The Bertz CT molecular complexity index is 83.1. The Hall–Kier alpha value is 0.340. The van der Waals surface area contributed by atoms with Gasteiger partial charge in [-0.3, -0.25) is 0 Å². The first-order chi connectivity index (χ1) is 4.27. The third-order valence-electron chi connectivity index (χ3n) is 0.684. The van der Waals surface area contributed by atoms with Crippen molar-refractivity contribution in [2.45, 2.75) is 13.0 Å². The molecule has 3 heteroatoms. The summed E-state index contributed by atoms with van der Waals surface area (Å²) in [5.41, 5.74) is 7.03. The van der Waals surface area contributed by atoms with Crippen molar-refractivity contribution in [3.8, 4) is 0 Å². The lowest BCUT2D eigenvalue weighted by atomic mass is 10.4. The fourth-order valence-corrected chi connectivity index (χ4v) is 1.29. The Labute approximate surface area is 65.6 Å². The van der Waals surface area contributed by atoms with Crippen LogP contribution in [0.1, 0.15) is 6.92 Å². The predicted molar refractivity (Wildman–Crippen MR) is 46.0 cm³/mol. The number of rotatable bonds is 4. The van der Waals surface area contributed by atoms with E-state index in [1.54, 1.807) is 11.8 Å². The first-order valence-electron chi connectivity index (χ1n) is 2.86. The molecule has 0 aliphatic carbocycles. The molecule has 0 saturated heterocycles. The standard InChI is InChI=1S/C6H12ClNS/c1-6(8)5-9-4-2-3-7/h2-3,6H,4-5,8H2,1H3. The fourth-order valence-electron chi connectivity index (χ4n) is 0.358. The zero-order chi connectivity index (χ0) is 7.11. The van der Waals surface area contributed by atoms with Crippen molar-refractivity contribution in [1.29, 1.82) is 0 Å². The molecule has 0 aromatic heterocycles. The van der Waals surface area contributed by atoms with Crippen molar-refractivity contribution in [1.82, 2.24) is 0 Å². The highest BCUT2D eigenvalue weighted by Crippen LogP contribution is 2.01. The average molecular weight is 166 g/mol. The summed E-state index contributed by atoms with van der Waals surface area (Å²) in [7, 11) is 0. The molecule has 0 aliphatic rings. The molecule has 1 unspecified atom stereocenters. The SMILES string of the molecule is CC(N)CSCC=CCl. The van der Waals surface area contributed by atoms with E-state index in [-0.39, 0.29) is 0 Å². The van der Waals surface area contributed by atoms with Gasteiger partial charge in [-0.1, -0.05) is 17.7 Å². The van der Waals surface area contributed by atoms with Gasteiger partial charge in [0.15, 0.2) is 0 Å². The van der Waals surface area contributed by atoms with Crippen molar-refractivity contribution in [3.05, 3.63) is 11.6 Å². The molecule has 1 atom stereocenters. The van der Waals surface area contributed by atoms with Gasteiger partial charge < -0.3 is 5.73 Å². The second-order valence-electron chi connectivity index (χ2n) is 1.88. The largest absolute Gasteiger partial charge is 0.327 e. The fraction of sp³-hybridized carbons (Fsp3) is 0.667. The maximum Gasteiger partial charge on any atom is 0.0125 e. The minimum Gasteiger partial charge on any atom is -0.327 e. The highest BCUT2D eigenvalue weighted by molar-refractivity contribution is 7.99. The zero-order valence-corrected chi connectivity index (χ0v) is 7.08. The third-order valence-corrected chi connectivity index (χ3v) is 2.05. The highest BCUT2D eigenvalue weighted by atomic mass is 35.5. The maximum absolute atomic E-state index is 5.50. The van der Waals surface area contributed by atoms with Crippen LogP contribution in [0.2, 0.25) is 0 Å². The van der Waals surface area contributed by atoms with Crippen molar-refractivity contribution in [3.63, 3.8) is 0 Å². The highest BCUT2D eigenvalue weighted by Gasteiger charge is 1.90. The first-order valence-corrected chi connectivity index (χ1v) is 4.45. The summed E-state index contributed by atoms with van der Waals surface area (Å²) in [4.78, 5) is 0. The van der Waals surface area contributed by atoms with Crippen LogP contribution in [0.4, 0.5) is 0 Å². The predicted octanol–water partition coefficient (Wildman–Crippen LogP) is 1.82. The number of hydrogen-bond acceptors (Lipinski definition) is 2. The van der Waals surface area contributed by atoms with Gasteiger partial charge in [0.2, 0.25) is 0 Å². The van der Waals surface area contributed by atoms with E-state index in [0.717, 1.165) is 11.5 Å². The molecule has 9 heavy (non-hydrogen) atoms. The van der Waals surface area contributed by atoms with Crippen LogP contribution < -0.4 is 5.73 Å². The lowest BCUT2D eigenvalue weighted by molar-refractivity contribution is 0.848. The molecular weight excluding hydrogens is 154 g/mol. The molecule has 0 amide bonds. The first kappa shape index (κ1) is 9.34. The Kier molecular flexibility index (Phi) is 6.70. The van der Waals surface area contributed by atoms with Crippen molar-refractivity contribution < 1.29 is 0 Å². The van der Waals surface area contributed by atoms with E-state index < -0.39 is 0 Å². The Morgan fingerprint density at radius 2 is 2.44 bits per heavy atom. The lowest BCUT2D eigenvalue weighted by Crippen LogP contribution is -2.17. The molecule has 54 valence electrons. The molecule has 0 spiro atoms. The number of hydrogen-bond donors (Lipinski definition) is 1. The number of nitrogens with two attached hydrogens (primary N) is 1. The van der Waals surface area contributed by atoms with Crippen LogP contribution in [0, 0.1) is 0 Å². The molecular formula is C6H12ClNS. The summed E-state index contributed by atoms with van der Waals surface area (Å²) in [6.45, 7) is 2.00. The van der Waals surface area contributed by atoms with Crippen LogP contribution in [0.25, 0.3) is 0 Å². The van der Waals surface area contributed by atoms with Crippen LogP contribution in [0.3, 0.4) is 0 Å². The number of halogens is 1. The lowest BCUT2D eigenvalue weighted by Gasteiger charge is -2.00. The maximum atomic E-state index is 5.50. The van der Waals surface area contributed by atoms with Gasteiger partial charge in [-0.25, -0.2) is 0 Å². The summed E-state index contributed by atoms with van der Waals surface area (Å²) in [5, 5.41) is 0. The summed E-state index contributed by atoms with van der Waals surface area (Å²) in [6, 6.07) is 0.290. The molecule has 1 nitrogen and oxygen atoms in total. The Morgan fingerprint density at radius 3 is 2.89 bits per heavy atom. The second kappa shape index (κ2) is 6.46. The Morgan fingerprint density at radius 1 is 1.78 bits per heavy atom. The summed E-state index contributed by atoms with van der Waals surface area (Å²) in [5.74, 6) is 1.96. The van der Waals surface area contributed by atoms with E-state index in [1.165, 1.54) is 5.54 Å². The van der Waals surface area contributed by atoms with E-state index in [4.69, 9.17) is 17.3 Å². The second-order valence-corrected chi connectivity index (χ2v) is 3.20. The van der Waals surface area contributed by atoms with Gasteiger partial charge in [-0.2, -0.15) is 11.8 Å². The summed E-state index contributed by atoms with van der Waals surface area (Å²) >= 11 is 7.08. The summed E-state index contributed by atoms with van der Waals surface area (Å²) in [6.07, 6.45) is 1.91. The average Bonchev–Trinajstić information content (AvgIpc) is 1.80. The van der Waals surface area contributed by atoms with Gasteiger partial charge in [-0.05, 0) is 6.92 Å². The van der Waals surface area contributed by atoms with Gasteiger partial charge in [0.05, 0.1) is 0 Å². The quantitative estimate of drug-likeness (QED) is 0.644. The minimum atomic E-state index is 0.290. The van der Waals surface area contributed by atoms with Gasteiger partial charge in [0.1, 0.15) is 0 Å². The van der Waals surface area contributed by atoms with E-state index in [9.17, 15) is 0 Å². The van der Waals surface area contributed by atoms with E-state index in [1.807, 2.05) is 13.0 Å². The van der Waals surface area contributed by atoms with Crippen LogP contribution >= 0.6 is 23.4 Å². The van der Waals surface area contributed by atoms with Crippen molar-refractivity contribution in [2.75, 3.05) is 11.5 Å². The monoisotopic (exact) mass is 165 g/mol. The van der Waals surface area contributed by atoms with Crippen LogP contribution in [-0.4, -0.2) is 17.5 Å². The van der Waals surface area contributed by atoms with Crippen LogP contribution in [-0.2, 0) is 0 Å². The molecule has 2 N–H and O–H groups in total. The minimum absolute atomic E-state index is 0.290. The van der Waals surface area contributed by atoms with Crippen LogP contribution in [0.15, 0.2) is 11.6 Å². The summed E-state index contributed by atoms with van der Waals surface area (Å²) < 4.78 is 0. The van der Waals surface area contributed by atoms with E-state index >= 15 is 0 Å². The van der Waals surface area contributed by atoms with Gasteiger partial charge in [0.25, 0.3) is 0 Å².